The summed E-state index contributed by atoms with van der Waals surface area (Å²) in [4.78, 5) is 12.6. The molecule has 0 amide bonds. The molecule has 0 atom stereocenters. The number of benzene rings is 3. The Balaban J connectivity index is 1.68. The van der Waals surface area contributed by atoms with Gasteiger partial charge in [-0.1, -0.05) is 47.5 Å². The molecule has 144 valence electrons. The predicted octanol–water partition coefficient (Wildman–Crippen LogP) is 5.59. The van der Waals surface area contributed by atoms with Gasteiger partial charge in [0.2, 0.25) is 0 Å². The third-order valence-corrected chi connectivity index (χ3v) is 4.46. The number of hydrogen-bond donors (Lipinski definition) is 0. The molecule has 0 spiro atoms. The summed E-state index contributed by atoms with van der Waals surface area (Å²) in [6.07, 6.45) is 0. The normalized spacial score (nSPS) is 10.4. The molecule has 3 rings (SSSR count). The Kier molecular flexibility index (Phi) is 6.56. The molecule has 0 aliphatic carbocycles. The largest absolute Gasteiger partial charge is 0.496 e. The molecule has 0 unspecified atom stereocenters. The number of methoxy groups -OCH3 is 1. The molecule has 3 aromatic rings. The van der Waals surface area contributed by atoms with Gasteiger partial charge in [0, 0.05) is 10.6 Å². The summed E-state index contributed by atoms with van der Waals surface area (Å²) in [6, 6.07) is 20.1. The van der Waals surface area contributed by atoms with E-state index in [0.717, 1.165) is 16.7 Å². The fraction of sp³-hybridized carbons (Fsp3) is 0.174. The Bertz CT molecular complexity index is 951. The zero-order chi connectivity index (χ0) is 19.9. The van der Waals surface area contributed by atoms with Crippen LogP contribution >= 0.6 is 11.6 Å². The topological polar surface area (TPSA) is 44.8 Å². The molecule has 0 bridgehead atoms. The van der Waals surface area contributed by atoms with E-state index >= 15 is 0 Å². The number of esters is 1. The van der Waals surface area contributed by atoms with Crippen molar-refractivity contribution in [3.05, 3.63) is 94.0 Å². The number of halogens is 1. The van der Waals surface area contributed by atoms with Gasteiger partial charge in [0.1, 0.15) is 30.3 Å². The minimum Gasteiger partial charge on any atom is -0.496 e. The van der Waals surface area contributed by atoms with Crippen LogP contribution in [0.25, 0.3) is 0 Å². The first-order valence-corrected chi connectivity index (χ1v) is 9.21. The Morgan fingerprint density at radius 2 is 1.68 bits per heavy atom. The number of aryl methyl sites for hydroxylation is 1. The second-order valence-corrected chi connectivity index (χ2v) is 6.74. The van der Waals surface area contributed by atoms with Crippen LogP contribution in [0.3, 0.4) is 0 Å². The second-order valence-electron chi connectivity index (χ2n) is 6.30. The van der Waals surface area contributed by atoms with Gasteiger partial charge in [-0.05, 0) is 48.9 Å². The highest BCUT2D eigenvalue weighted by Gasteiger charge is 2.15. The average Bonchev–Trinajstić information content (AvgIpc) is 2.72. The van der Waals surface area contributed by atoms with Crippen LogP contribution in [0.4, 0.5) is 0 Å². The summed E-state index contributed by atoms with van der Waals surface area (Å²) in [7, 11) is 1.59. The molecule has 5 heteroatoms. The van der Waals surface area contributed by atoms with Crippen molar-refractivity contribution in [1.29, 1.82) is 0 Å². The molecular weight excluding hydrogens is 376 g/mol. The summed E-state index contributed by atoms with van der Waals surface area (Å²) in [6.45, 7) is 2.42. The van der Waals surface area contributed by atoms with Crippen LogP contribution in [0.2, 0.25) is 5.02 Å². The lowest BCUT2D eigenvalue weighted by Crippen LogP contribution is -2.09. The molecule has 0 aliphatic heterocycles. The van der Waals surface area contributed by atoms with E-state index in [9.17, 15) is 4.79 Å². The molecule has 0 fully saturated rings. The summed E-state index contributed by atoms with van der Waals surface area (Å²) in [5.41, 5.74) is 3.22. The van der Waals surface area contributed by atoms with Crippen molar-refractivity contribution >= 4 is 17.6 Å². The lowest BCUT2D eigenvalue weighted by molar-refractivity contribution is 0.0465. The molecule has 0 N–H and O–H groups in total. The van der Waals surface area contributed by atoms with Crippen LogP contribution in [-0.2, 0) is 18.0 Å². The summed E-state index contributed by atoms with van der Waals surface area (Å²) in [5, 5.41) is 0.666. The fourth-order valence-corrected chi connectivity index (χ4v) is 2.87. The number of ether oxygens (including phenoxy) is 3. The first-order chi connectivity index (χ1) is 13.6. The lowest BCUT2D eigenvalue weighted by Gasteiger charge is -2.13. The van der Waals surface area contributed by atoms with Gasteiger partial charge in [-0.3, -0.25) is 0 Å². The van der Waals surface area contributed by atoms with Crippen molar-refractivity contribution in [2.45, 2.75) is 20.1 Å². The summed E-state index contributed by atoms with van der Waals surface area (Å²) in [5.74, 6) is 0.708. The molecule has 0 aromatic heterocycles. The van der Waals surface area contributed by atoms with Crippen LogP contribution in [0.15, 0.2) is 66.7 Å². The molecule has 4 nitrogen and oxygen atoms in total. The maximum Gasteiger partial charge on any atom is 0.342 e. The molecule has 0 aliphatic rings. The van der Waals surface area contributed by atoms with E-state index in [0.29, 0.717) is 28.7 Å². The first kappa shape index (κ1) is 19.8. The minimum absolute atomic E-state index is 0.120. The molecule has 28 heavy (non-hydrogen) atoms. The molecule has 0 saturated heterocycles. The molecule has 0 heterocycles. The van der Waals surface area contributed by atoms with Gasteiger partial charge in [0.25, 0.3) is 0 Å². The van der Waals surface area contributed by atoms with Crippen LogP contribution in [0, 0.1) is 6.92 Å². The molecule has 3 aromatic carbocycles. The van der Waals surface area contributed by atoms with E-state index in [1.54, 1.807) is 37.4 Å². The number of carbonyl (C=O) groups is 1. The summed E-state index contributed by atoms with van der Waals surface area (Å²) < 4.78 is 16.7. The van der Waals surface area contributed by atoms with Crippen molar-refractivity contribution in [2.75, 3.05) is 7.11 Å². The van der Waals surface area contributed by atoms with Gasteiger partial charge < -0.3 is 14.2 Å². The maximum absolute atomic E-state index is 12.6. The highest BCUT2D eigenvalue weighted by atomic mass is 35.5. The SMILES string of the molecule is COc1ccc(C)cc1COC(=O)c1ccccc1OCc1ccc(Cl)cc1. The minimum atomic E-state index is -0.449. The van der Waals surface area contributed by atoms with Gasteiger partial charge >= 0.3 is 5.97 Å². The van der Waals surface area contributed by atoms with Crippen LogP contribution in [-0.4, -0.2) is 13.1 Å². The van der Waals surface area contributed by atoms with Gasteiger partial charge in [-0.2, -0.15) is 0 Å². The Hall–Kier alpha value is -2.98. The van der Waals surface area contributed by atoms with Gasteiger partial charge in [0.15, 0.2) is 0 Å². The van der Waals surface area contributed by atoms with Crippen LogP contribution < -0.4 is 9.47 Å². The van der Waals surface area contributed by atoms with Gasteiger partial charge in [0.05, 0.1) is 7.11 Å². The number of rotatable bonds is 7. The average molecular weight is 397 g/mol. The van der Waals surface area contributed by atoms with Crippen molar-refractivity contribution < 1.29 is 19.0 Å². The zero-order valence-corrected chi connectivity index (χ0v) is 16.5. The monoisotopic (exact) mass is 396 g/mol. The van der Waals surface area contributed by atoms with Crippen molar-refractivity contribution in [3.63, 3.8) is 0 Å². The fourth-order valence-electron chi connectivity index (χ4n) is 2.74. The van der Waals surface area contributed by atoms with Gasteiger partial charge in [-0.25, -0.2) is 4.79 Å². The van der Waals surface area contributed by atoms with Crippen LogP contribution in [0.5, 0.6) is 11.5 Å². The van der Waals surface area contributed by atoms with E-state index in [2.05, 4.69) is 0 Å². The number of hydrogen-bond acceptors (Lipinski definition) is 4. The van der Waals surface area contributed by atoms with Crippen molar-refractivity contribution in [2.24, 2.45) is 0 Å². The predicted molar refractivity (Wildman–Crippen MR) is 109 cm³/mol. The second kappa shape index (κ2) is 9.29. The molecule has 0 saturated carbocycles. The Labute approximate surface area is 169 Å². The Morgan fingerprint density at radius 1 is 0.929 bits per heavy atom. The zero-order valence-electron chi connectivity index (χ0n) is 15.8. The van der Waals surface area contributed by atoms with E-state index in [-0.39, 0.29) is 6.61 Å². The number of carbonyl (C=O) groups excluding carboxylic acids is 1. The quantitative estimate of drug-likeness (QED) is 0.488. The third kappa shape index (κ3) is 5.05. The third-order valence-electron chi connectivity index (χ3n) is 4.21. The van der Waals surface area contributed by atoms with E-state index in [1.807, 2.05) is 43.3 Å². The van der Waals surface area contributed by atoms with Crippen LogP contribution in [0.1, 0.15) is 27.0 Å². The van der Waals surface area contributed by atoms with E-state index in [4.69, 9.17) is 25.8 Å². The van der Waals surface area contributed by atoms with E-state index in [1.165, 1.54) is 0 Å². The standard InChI is InChI=1S/C23H21ClO4/c1-16-7-12-21(26-2)18(13-16)15-28-23(25)20-5-3-4-6-22(20)27-14-17-8-10-19(24)11-9-17/h3-13H,14-15H2,1-2H3. The lowest BCUT2D eigenvalue weighted by atomic mass is 10.1. The smallest absolute Gasteiger partial charge is 0.342 e. The van der Waals surface area contributed by atoms with Crippen molar-refractivity contribution in [3.8, 4) is 11.5 Å². The highest BCUT2D eigenvalue weighted by Crippen LogP contribution is 2.24. The number of para-hydroxylation sites is 1. The molecule has 0 radical (unpaired) electrons. The van der Waals surface area contributed by atoms with E-state index < -0.39 is 5.97 Å². The van der Waals surface area contributed by atoms with Gasteiger partial charge in [-0.15, -0.1) is 0 Å². The van der Waals surface area contributed by atoms with Crippen molar-refractivity contribution in [1.82, 2.24) is 0 Å². The Morgan fingerprint density at radius 3 is 2.43 bits per heavy atom. The molecular formula is C23H21ClO4. The maximum atomic E-state index is 12.6. The highest BCUT2D eigenvalue weighted by molar-refractivity contribution is 6.30. The summed E-state index contributed by atoms with van der Waals surface area (Å²) >= 11 is 5.90. The first-order valence-electron chi connectivity index (χ1n) is 8.83.